The second-order valence-electron chi connectivity index (χ2n) is 8.51. The van der Waals surface area contributed by atoms with E-state index in [-0.39, 0.29) is 30.3 Å². The van der Waals surface area contributed by atoms with Crippen molar-refractivity contribution in [2.45, 2.75) is 31.5 Å². The van der Waals surface area contributed by atoms with E-state index >= 15 is 0 Å². The average molecular weight is 501 g/mol. The minimum atomic E-state index is -3.87. The maximum absolute atomic E-state index is 13.7. The molecule has 0 unspecified atom stereocenters. The predicted molar refractivity (Wildman–Crippen MR) is 139 cm³/mol. The Morgan fingerprint density at radius 2 is 1.44 bits per heavy atom. The average Bonchev–Trinajstić information content (AvgIpc) is 2.89. The summed E-state index contributed by atoms with van der Waals surface area (Å²) >= 11 is 0. The molecule has 0 aromatic heterocycles. The van der Waals surface area contributed by atoms with Crippen molar-refractivity contribution in [1.82, 2.24) is 4.31 Å². The summed E-state index contributed by atoms with van der Waals surface area (Å²) in [6.45, 7) is 2.19. The topological polar surface area (TPSA) is 86.1 Å². The van der Waals surface area contributed by atoms with Gasteiger partial charge in [-0.05, 0) is 70.6 Å². The van der Waals surface area contributed by atoms with Crippen molar-refractivity contribution in [3.63, 3.8) is 0 Å². The number of hydrogen-bond donors (Lipinski definition) is 0. The Morgan fingerprint density at radius 3 is 2.11 bits per heavy atom. The molecule has 0 saturated heterocycles. The van der Waals surface area contributed by atoms with E-state index in [1.165, 1.54) is 16.4 Å². The van der Waals surface area contributed by atoms with Gasteiger partial charge in [0.05, 0.1) is 11.4 Å². The highest BCUT2D eigenvalue weighted by atomic mass is 32.2. The molecule has 0 heterocycles. The van der Waals surface area contributed by atoms with E-state index in [4.69, 9.17) is 5.53 Å². The molecule has 0 fully saturated rings. The Morgan fingerprint density at radius 1 is 0.806 bits per heavy atom. The molecule has 0 atom stereocenters. The number of sulfonamides is 1. The summed E-state index contributed by atoms with van der Waals surface area (Å²) in [4.78, 5) is 3.04. The van der Waals surface area contributed by atoms with Crippen LogP contribution in [0.3, 0.4) is 0 Å². The van der Waals surface area contributed by atoms with Crippen molar-refractivity contribution in [3.8, 4) is 11.1 Å². The van der Waals surface area contributed by atoms with Crippen molar-refractivity contribution in [2.24, 2.45) is 5.11 Å². The molecule has 182 valence electrons. The van der Waals surface area contributed by atoms with Crippen LogP contribution in [0.2, 0.25) is 0 Å². The van der Waals surface area contributed by atoms with Crippen LogP contribution < -0.4 is 0 Å². The lowest BCUT2D eigenvalue weighted by atomic mass is 9.99. The fourth-order valence-electron chi connectivity index (χ4n) is 3.94. The van der Waals surface area contributed by atoms with Gasteiger partial charge in [-0.15, -0.1) is 0 Å². The van der Waals surface area contributed by atoms with Gasteiger partial charge in [0.1, 0.15) is 5.82 Å². The summed E-state index contributed by atoms with van der Waals surface area (Å²) in [5.41, 5.74) is 13.8. The lowest BCUT2D eigenvalue weighted by Gasteiger charge is -2.23. The van der Waals surface area contributed by atoms with Gasteiger partial charge in [-0.25, -0.2) is 12.8 Å². The summed E-state index contributed by atoms with van der Waals surface area (Å²) in [5, 5.41) is 3.69. The smallest absolute Gasteiger partial charge is 0.207 e. The van der Waals surface area contributed by atoms with E-state index in [9.17, 15) is 12.8 Å². The lowest BCUT2D eigenvalue weighted by molar-refractivity contribution is 0.401. The highest BCUT2D eigenvalue weighted by Crippen LogP contribution is 2.27. The third kappa shape index (κ3) is 6.17. The van der Waals surface area contributed by atoms with Crippen LogP contribution in [0.25, 0.3) is 21.6 Å². The fourth-order valence-corrected chi connectivity index (χ4v) is 5.35. The summed E-state index contributed by atoms with van der Waals surface area (Å²) in [6, 6.07) is 28.0. The van der Waals surface area contributed by atoms with Gasteiger partial charge in [0.15, 0.2) is 0 Å². The summed E-state index contributed by atoms with van der Waals surface area (Å²) < 4.78 is 42.3. The van der Waals surface area contributed by atoms with E-state index in [1.807, 2.05) is 55.5 Å². The summed E-state index contributed by atoms with van der Waals surface area (Å²) in [7, 11) is -3.87. The zero-order chi connectivity index (χ0) is 25.5. The molecule has 4 rings (SSSR count). The van der Waals surface area contributed by atoms with E-state index in [1.54, 1.807) is 36.4 Å². The Labute approximate surface area is 210 Å². The molecule has 0 N–H and O–H groups in total. The third-order valence-electron chi connectivity index (χ3n) is 5.77. The van der Waals surface area contributed by atoms with Crippen LogP contribution in [0.15, 0.2) is 107 Å². The molecule has 4 aromatic carbocycles. The van der Waals surface area contributed by atoms with E-state index < -0.39 is 10.0 Å². The van der Waals surface area contributed by atoms with Gasteiger partial charge in [0, 0.05) is 18.0 Å². The molecular weight excluding hydrogens is 475 g/mol. The molecule has 8 heteroatoms. The van der Waals surface area contributed by atoms with Gasteiger partial charge in [-0.3, -0.25) is 0 Å². The molecule has 36 heavy (non-hydrogen) atoms. The molecule has 0 spiro atoms. The molecule has 0 radical (unpaired) electrons. The SMILES string of the molecule is Cc1ccc(S(=O)(=O)N(Cc2ccc(F)cc2)Cc2cc(CN=[N+]=[N-])cc(-c3ccccc3)c2)cc1. The van der Waals surface area contributed by atoms with Gasteiger partial charge in [-0.1, -0.05) is 77.4 Å². The molecule has 0 aliphatic heterocycles. The first-order valence-electron chi connectivity index (χ1n) is 11.4. The van der Waals surface area contributed by atoms with E-state index in [0.717, 1.165) is 27.8 Å². The van der Waals surface area contributed by atoms with Gasteiger partial charge in [-0.2, -0.15) is 4.31 Å². The molecule has 4 aromatic rings. The molecule has 0 aliphatic carbocycles. The first-order valence-corrected chi connectivity index (χ1v) is 12.8. The number of azide groups is 1. The minimum absolute atomic E-state index is 0.0672. The van der Waals surface area contributed by atoms with Crippen LogP contribution in [0.5, 0.6) is 0 Å². The zero-order valence-electron chi connectivity index (χ0n) is 19.8. The molecular formula is C28H25FN4O2S. The number of benzene rings is 4. The fraction of sp³-hybridized carbons (Fsp3) is 0.143. The maximum atomic E-state index is 13.7. The highest BCUT2D eigenvalue weighted by molar-refractivity contribution is 7.89. The van der Waals surface area contributed by atoms with Crippen LogP contribution in [0.4, 0.5) is 4.39 Å². The Hall–Kier alpha value is -3.97. The Kier molecular flexibility index (Phi) is 7.80. The number of halogens is 1. The number of hydrogen-bond acceptors (Lipinski definition) is 3. The number of rotatable bonds is 9. The van der Waals surface area contributed by atoms with Crippen LogP contribution in [-0.2, 0) is 29.7 Å². The van der Waals surface area contributed by atoms with Crippen LogP contribution >= 0.6 is 0 Å². The molecule has 0 aliphatic rings. The van der Waals surface area contributed by atoms with Crippen LogP contribution in [0, 0.1) is 12.7 Å². The molecule has 0 bridgehead atoms. The second kappa shape index (κ2) is 11.2. The highest BCUT2D eigenvalue weighted by Gasteiger charge is 2.25. The Balaban J connectivity index is 1.77. The van der Waals surface area contributed by atoms with Crippen LogP contribution in [0.1, 0.15) is 22.3 Å². The van der Waals surface area contributed by atoms with Gasteiger partial charge >= 0.3 is 0 Å². The zero-order valence-corrected chi connectivity index (χ0v) is 20.6. The van der Waals surface area contributed by atoms with E-state index in [2.05, 4.69) is 10.0 Å². The van der Waals surface area contributed by atoms with Crippen molar-refractivity contribution < 1.29 is 12.8 Å². The first-order chi connectivity index (χ1) is 17.3. The standard InChI is InChI=1S/C28H25FN4O2S/c1-21-7-13-28(14-8-21)36(34,35)33(19-22-9-11-27(29)12-10-22)20-24-15-23(18-31-32-30)16-26(17-24)25-5-3-2-4-6-25/h2-17H,18-20H2,1H3. The van der Waals surface area contributed by atoms with E-state index in [0.29, 0.717) is 5.56 Å². The van der Waals surface area contributed by atoms with Gasteiger partial charge in [0.2, 0.25) is 10.0 Å². The monoisotopic (exact) mass is 500 g/mol. The predicted octanol–water partition coefficient (Wildman–Crippen LogP) is 7.00. The summed E-state index contributed by atoms with van der Waals surface area (Å²) in [6.07, 6.45) is 0. The van der Waals surface area contributed by atoms with Gasteiger partial charge < -0.3 is 0 Å². The first kappa shape index (κ1) is 25.1. The van der Waals surface area contributed by atoms with Crippen molar-refractivity contribution in [2.75, 3.05) is 0 Å². The lowest BCUT2D eigenvalue weighted by Crippen LogP contribution is -2.30. The Bertz CT molecular complexity index is 1480. The minimum Gasteiger partial charge on any atom is -0.207 e. The summed E-state index contributed by atoms with van der Waals surface area (Å²) in [5.74, 6) is -0.384. The normalized spacial score (nSPS) is 11.3. The molecule has 0 saturated carbocycles. The van der Waals surface area contributed by atoms with Crippen molar-refractivity contribution in [3.05, 3.63) is 136 Å². The second-order valence-corrected chi connectivity index (χ2v) is 10.4. The third-order valence-corrected chi connectivity index (χ3v) is 7.57. The quantitative estimate of drug-likeness (QED) is 0.141. The largest absolute Gasteiger partial charge is 0.243 e. The number of aryl methyl sites for hydroxylation is 1. The molecule has 0 amide bonds. The van der Waals surface area contributed by atoms with Crippen molar-refractivity contribution >= 4 is 10.0 Å². The maximum Gasteiger partial charge on any atom is 0.243 e. The molecule has 6 nitrogen and oxygen atoms in total. The number of nitrogens with zero attached hydrogens (tertiary/aromatic N) is 4. The van der Waals surface area contributed by atoms with Crippen molar-refractivity contribution in [1.29, 1.82) is 0 Å². The van der Waals surface area contributed by atoms with Gasteiger partial charge in [0.25, 0.3) is 0 Å². The van der Waals surface area contributed by atoms with Crippen LogP contribution in [-0.4, -0.2) is 12.7 Å².